The van der Waals surface area contributed by atoms with Crippen LogP contribution in [-0.2, 0) is 0 Å². The minimum absolute atomic E-state index is 0.0262. The monoisotopic (exact) mass is 392 g/mol. The van der Waals surface area contributed by atoms with Crippen molar-refractivity contribution in [1.29, 1.82) is 0 Å². The summed E-state index contributed by atoms with van der Waals surface area (Å²) in [6.45, 7) is 5.77. The van der Waals surface area contributed by atoms with E-state index in [0.29, 0.717) is 23.0 Å². The molecule has 0 radical (unpaired) electrons. The van der Waals surface area contributed by atoms with Crippen molar-refractivity contribution < 1.29 is 14.3 Å². The lowest BCUT2D eigenvalue weighted by molar-refractivity contribution is 0.0705. The first-order valence-corrected chi connectivity index (χ1v) is 10.1. The fraction of sp³-hybridized carbons (Fsp3) is 0.375. The summed E-state index contributed by atoms with van der Waals surface area (Å²) in [6, 6.07) is 12.0. The van der Waals surface area contributed by atoms with Crippen molar-refractivity contribution in [3.8, 4) is 11.5 Å². The Balaban J connectivity index is 1.53. The van der Waals surface area contributed by atoms with Gasteiger partial charge in [0, 0.05) is 35.6 Å². The number of amides is 1. The number of carbonyl (C=O) groups excluding carboxylic acids is 1. The number of benzene rings is 2. The summed E-state index contributed by atoms with van der Waals surface area (Å²) >= 11 is 0. The fourth-order valence-corrected chi connectivity index (χ4v) is 4.46. The van der Waals surface area contributed by atoms with Gasteiger partial charge in [0.2, 0.25) is 0 Å². The number of piperidine rings is 1. The number of methoxy groups -OCH3 is 2. The zero-order valence-electron chi connectivity index (χ0n) is 17.5. The number of fused-ring (bicyclic) bond motifs is 1. The maximum Gasteiger partial charge on any atom is 0.261 e. The third-order valence-corrected chi connectivity index (χ3v) is 6.08. The first-order valence-electron chi connectivity index (χ1n) is 10.1. The predicted octanol–water partition coefficient (Wildman–Crippen LogP) is 4.82. The number of rotatable bonds is 4. The summed E-state index contributed by atoms with van der Waals surface area (Å²) in [7, 11) is 3.16. The molecule has 1 aliphatic rings. The first kappa shape index (κ1) is 19.4. The Bertz CT molecular complexity index is 1020. The van der Waals surface area contributed by atoms with Crippen LogP contribution in [0.1, 0.15) is 45.9 Å². The lowest BCUT2D eigenvalue weighted by atomic mass is 9.90. The van der Waals surface area contributed by atoms with Crippen molar-refractivity contribution in [2.75, 3.05) is 27.3 Å². The fourth-order valence-electron chi connectivity index (χ4n) is 4.46. The molecule has 1 aromatic heterocycles. The van der Waals surface area contributed by atoms with Crippen molar-refractivity contribution >= 4 is 16.8 Å². The second kappa shape index (κ2) is 7.82. The number of ether oxygens (including phenoxy) is 2. The summed E-state index contributed by atoms with van der Waals surface area (Å²) < 4.78 is 10.8. The van der Waals surface area contributed by atoms with Gasteiger partial charge in [-0.15, -0.1) is 0 Å². The minimum atomic E-state index is -0.0262. The molecule has 2 heterocycles. The second-order valence-electron chi connectivity index (χ2n) is 7.82. The molecule has 152 valence electrons. The van der Waals surface area contributed by atoms with E-state index in [2.05, 4.69) is 37.0 Å². The van der Waals surface area contributed by atoms with E-state index in [4.69, 9.17) is 9.47 Å². The Morgan fingerprint density at radius 3 is 2.31 bits per heavy atom. The van der Waals surface area contributed by atoms with Gasteiger partial charge in [0.25, 0.3) is 5.91 Å². The zero-order chi connectivity index (χ0) is 20.5. The number of aryl methyl sites for hydroxylation is 2. The molecule has 0 saturated carbocycles. The molecule has 2 aromatic carbocycles. The molecule has 0 bridgehead atoms. The number of hydrogen-bond donors (Lipinski definition) is 1. The Morgan fingerprint density at radius 2 is 1.69 bits per heavy atom. The van der Waals surface area contributed by atoms with Crippen LogP contribution in [-0.4, -0.2) is 43.1 Å². The largest absolute Gasteiger partial charge is 0.496 e. The molecule has 0 atom stereocenters. The van der Waals surface area contributed by atoms with E-state index in [1.165, 1.54) is 27.7 Å². The average Bonchev–Trinajstić information content (AvgIpc) is 3.08. The van der Waals surface area contributed by atoms with E-state index < -0.39 is 0 Å². The standard InChI is InChI=1S/C24H28N2O3/c1-15-8-9-19-18(14-15)16(2)23(25-19)17-10-12-26(13-11-17)24(27)22-20(28-3)6-5-7-21(22)29-4/h5-9,14,17,25H,10-13H2,1-4H3. The van der Waals surface area contributed by atoms with E-state index in [1.54, 1.807) is 26.4 Å². The van der Waals surface area contributed by atoms with Gasteiger partial charge in [0.1, 0.15) is 17.1 Å². The molecule has 1 fully saturated rings. The van der Waals surface area contributed by atoms with Gasteiger partial charge in [0.05, 0.1) is 14.2 Å². The highest BCUT2D eigenvalue weighted by Gasteiger charge is 2.29. The van der Waals surface area contributed by atoms with Gasteiger partial charge in [-0.2, -0.15) is 0 Å². The van der Waals surface area contributed by atoms with Gasteiger partial charge in [-0.3, -0.25) is 4.79 Å². The van der Waals surface area contributed by atoms with E-state index in [1.807, 2.05) is 11.0 Å². The lowest BCUT2D eigenvalue weighted by Gasteiger charge is -2.32. The number of nitrogens with one attached hydrogen (secondary N) is 1. The third-order valence-electron chi connectivity index (χ3n) is 6.08. The molecule has 0 spiro atoms. The van der Waals surface area contributed by atoms with E-state index in [9.17, 15) is 4.79 Å². The van der Waals surface area contributed by atoms with Crippen LogP contribution in [0.3, 0.4) is 0 Å². The molecule has 1 N–H and O–H groups in total. The van der Waals surface area contributed by atoms with Crippen LogP contribution in [0.4, 0.5) is 0 Å². The smallest absolute Gasteiger partial charge is 0.261 e. The molecule has 0 unspecified atom stereocenters. The molecule has 5 nitrogen and oxygen atoms in total. The molecule has 5 heteroatoms. The topological polar surface area (TPSA) is 54.6 Å². The molecule has 3 aromatic rings. The van der Waals surface area contributed by atoms with Crippen LogP contribution in [0.5, 0.6) is 11.5 Å². The van der Waals surface area contributed by atoms with Crippen LogP contribution in [0.25, 0.3) is 10.9 Å². The van der Waals surface area contributed by atoms with Crippen LogP contribution in [0.2, 0.25) is 0 Å². The lowest BCUT2D eigenvalue weighted by Crippen LogP contribution is -2.38. The van der Waals surface area contributed by atoms with Crippen LogP contribution >= 0.6 is 0 Å². The van der Waals surface area contributed by atoms with Crippen LogP contribution < -0.4 is 9.47 Å². The highest BCUT2D eigenvalue weighted by molar-refractivity contribution is 5.99. The molecule has 29 heavy (non-hydrogen) atoms. The number of H-pyrrole nitrogens is 1. The highest BCUT2D eigenvalue weighted by atomic mass is 16.5. The zero-order valence-corrected chi connectivity index (χ0v) is 17.5. The van der Waals surface area contributed by atoms with E-state index >= 15 is 0 Å². The van der Waals surface area contributed by atoms with Gasteiger partial charge >= 0.3 is 0 Å². The van der Waals surface area contributed by atoms with Gasteiger partial charge < -0.3 is 19.4 Å². The van der Waals surface area contributed by atoms with Gasteiger partial charge in [-0.1, -0.05) is 17.7 Å². The Morgan fingerprint density at radius 1 is 1.03 bits per heavy atom. The number of carbonyl (C=O) groups is 1. The summed E-state index contributed by atoms with van der Waals surface area (Å²) in [4.78, 5) is 18.8. The molecule has 4 rings (SSSR count). The Labute approximate surface area is 171 Å². The molecular weight excluding hydrogens is 364 g/mol. The molecule has 1 amide bonds. The van der Waals surface area contributed by atoms with Crippen molar-refractivity contribution in [3.05, 3.63) is 58.8 Å². The third kappa shape index (κ3) is 3.46. The summed E-state index contributed by atoms with van der Waals surface area (Å²) in [5, 5.41) is 1.30. The van der Waals surface area contributed by atoms with Crippen molar-refractivity contribution in [1.82, 2.24) is 9.88 Å². The van der Waals surface area contributed by atoms with Crippen LogP contribution in [0, 0.1) is 13.8 Å². The predicted molar refractivity (Wildman–Crippen MR) is 115 cm³/mol. The molecule has 1 aliphatic heterocycles. The molecular formula is C24H28N2O3. The quantitative estimate of drug-likeness (QED) is 0.692. The highest BCUT2D eigenvalue weighted by Crippen LogP contribution is 2.36. The summed E-state index contributed by atoms with van der Waals surface area (Å²) in [5.41, 5.74) is 5.62. The SMILES string of the molecule is COc1cccc(OC)c1C(=O)N1CCC(c2[nH]c3ccc(C)cc3c2C)CC1. The van der Waals surface area contributed by atoms with Crippen LogP contribution in [0.15, 0.2) is 36.4 Å². The van der Waals surface area contributed by atoms with E-state index in [-0.39, 0.29) is 5.91 Å². The number of hydrogen-bond acceptors (Lipinski definition) is 3. The Kier molecular flexibility index (Phi) is 5.22. The summed E-state index contributed by atoms with van der Waals surface area (Å²) in [5.74, 6) is 1.52. The summed E-state index contributed by atoms with van der Waals surface area (Å²) in [6.07, 6.45) is 1.88. The van der Waals surface area contributed by atoms with Crippen molar-refractivity contribution in [2.45, 2.75) is 32.6 Å². The van der Waals surface area contributed by atoms with Crippen molar-refractivity contribution in [3.63, 3.8) is 0 Å². The number of aromatic nitrogens is 1. The molecule has 0 aliphatic carbocycles. The average molecular weight is 392 g/mol. The second-order valence-corrected chi connectivity index (χ2v) is 7.82. The normalized spacial score (nSPS) is 15.0. The minimum Gasteiger partial charge on any atom is -0.496 e. The van der Waals surface area contributed by atoms with Crippen molar-refractivity contribution in [2.24, 2.45) is 0 Å². The van der Waals surface area contributed by atoms with Gasteiger partial charge in [-0.25, -0.2) is 0 Å². The number of likely N-dealkylation sites (tertiary alicyclic amines) is 1. The maximum absolute atomic E-state index is 13.2. The first-order chi connectivity index (χ1) is 14.0. The Hall–Kier alpha value is -2.95. The number of nitrogens with zero attached hydrogens (tertiary/aromatic N) is 1. The van der Waals surface area contributed by atoms with Gasteiger partial charge in [0.15, 0.2) is 0 Å². The maximum atomic E-state index is 13.2. The van der Waals surface area contributed by atoms with Gasteiger partial charge in [-0.05, 0) is 56.5 Å². The number of aromatic amines is 1. The molecule has 1 saturated heterocycles. The van der Waals surface area contributed by atoms with E-state index in [0.717, 1.165) is 25.9 Å².